The van der Waals surface area contributed by atoms with E-state index in [1.54, 1.807) is 4.90 Å². The number of anilines is 1. The summed E-state index contributed by atoms with van der Waals surface area (Å²) in [6.45, 7) is 4.25. The van der Waals surface area contributed by atoms with Gasteiger partial charge in [-0.3, -0.25) is 9.69 Å². The first kappa shape index (κ1) is 31.2. The molecule has 1 atom stereocenters. The van der Waals surface area contributed by atoms with E-state index in [-0.39, 0.29) is 24.0 Å². The maximum absolute atomic E-state index is 12.7. The highest BCUT2D eigenvalue weighted by atomic mass is 32.2. The molecule has 0 aliphatic carbocycles. The highest BCUT2D eigenvalue weighted by Gasteiger charge is 2.32. The Labute approximate surface area is 256 Å². The first-order chi connectivity index (χ1) is 21.1. The number of halogens is 3. The molecule has 230 valence electrons. The Morgan fingerprint density at radius 1 is 1.07 bits per heavy atom. The van der Waals surface area contributed by atoms with Crippen LogP contribution in [-0.2, 0) is 22.4 Å². The fraction of sp³-hybridized carbons (Fsp3) is 0.290. The summed E-state index contributed by atoms with van der Waals surface area (Å²) in [7, 11) is 0. The van der Waals surface area contributed by atoms with Crippen molar-refractivity contribution in [3.8, 4) is 22.8 Å². The number of aryl methyl sites for hydroxylation is 2. The zero-order chi connectivity index (χ0) is 31.3. The molecule has 1 aliphatic rings. The second-order valence-electron chi connectivity index (χ2n) is 10.0. The number of carbonyl (C=O) groups is 1. The summed E-state index contributed by atoms with van der Waals surface area (Å²) in [6, 6.07) is 18.8. The van der Waals surface area contributed by atoms with E-state index in [2.05, 4.69) is 26.7 Å². The van der Waals surface area contributed by atoms with Crippen LogP contribution >= 0.6 is 11.8 Å². The number of amidine groups is 1. The Morgan fingerprint density at radius 3 is 2.52 bits per heavy atom. The number of thioether (sulfide) groups is 1. The first-order valence-electron chi connectivity index (χ1n) is 13.9. The number of alkyl halides is 3. The van der Waals surface area contributed by atoms with Gasteiger partial charge >= 0.3 is 6.36 Å². The normalized spacial score (nSPS) is 15.3. The summed E-state index contributed by atoms with van der Waals surface area (Å²) in [5, 5.41) is 15.3. The molecule has 0 spiro atoms. The largest absolute Gasteiger partial charge is 0.573 e. The lowest BCUT2D eigenvalue weighted by atomic mass is 10.0. The molecule has 3 aromatic carbocycles. The number of hydrogen-bond acceptors (Lipinski definition) is 8. The van der Waals surface area contributed by atoms with E-state index in [1.807, 2.05) is 49.4 Å². The van der Waals surface area contributed by atoms with Gasteiger partial charge in [-0.1, -0.05) is 61.5 Å². The number of nitrogens with zero attached hydrogens (tertiary/aromatic N) is 5. The summed E-state index contributed by atoms with van der Waals surface area (Å²) in [5.41, 5.74) is 5.10. The zero-order valence-electron chi connectivity index (χ0n) is 24.0. The SMILES string of the molecule is CCCc1ccc(C)cc1N1C(=O)CSC1=NC(O)OCCc1ccc(-c2ncn(-c3ccc(OC(F)(F)F)cc3)n2)cc1. The van der Waals surface area contributed by atoms with E-state index in [9.17, 15) is 23.1 Å². The number of aromatic nitrogens is 3. The van der Waals surface area contributed by atoms with Gasteiger partial charge in [0.25, 0.3) is 6.41 Å². The third kappa shape index (κ3) is 7.84. The molecule has 13 heteroatoms. The monoisotopic (exact) mass is 625 g/mol. The van der Waals surface area contributed by atoms with Crippen LogP contribution in [0, 0.1) is 6.92 Å². The van der Waals surface area contributed by atoms with Crippen molar-refractivity contribution in [1.29, 1.82) is 0 Å². The van der Waals surface area contributed by atoms with Gasteiger partial charge in [-0.15, -0.1) is 18.3 Å². The molecule has 1 N–H and O–H groups in total. The molecule has 1 aliphatic heterocycles. The molecule has 0 bridgehead atoms. The molecule has 1 aromatic heterocycles. The number of rotatable bonds is 11. The van der Waals surface area contributed by atoms with Crippen LogP contribution < -0.4 is 9.64 Å². The molecule has 5 rings (SSSR count). The van der Waals surface area contributed by atoms with Crippen LogP contribution in [0.4, 0.5) is 18.9 Å². The van der Waals surface area contributed by atoms with Gasteiger partial charge in [-0.05, 0) is 66.8 Å². The van der Waals surface area contributed by atoms with Gasteiger partial charge in [-0.25, -0.2) is 14.7 Å². The summed E-state index contributed by atoms with van der Waals surface area (Å²) >= 11 is 1.27. The quantitative estimate of drug-likeness (QED) is 0.202. The van der Waals surface area contributed by atoms with Crippen molar-refractivity contribution in [3.05, 3.63) is 89.7 Å². The number of aliphatic hydroxyl groups is 1. The Kier molecular flexibility index (Phi) is 9.67. The first-order valence-corrected chi connectivity index (χ1v) is 14.9. The maximum atomic E-state index is 12.7. The van der Waals surface area contributed by atoms with Crippen LogP contribution in [0.3, 0.4) is 0 Å². The van der Waals surface area contributed by atoms with Gasteiger partial charge in [0.1, 0.15) is 12.1 Å². The van der Waals surface area contributed by atoms with Gasteiger partial charge < -0.3 is 14.6 Å². The van der Waals surface area contributed by atoms with Crippen LogP contribution in [0.2, 0.25) is 0 Å². The molecule has 44 heavy (non-hydrogen) atoms. The minimum absolute atomic E-state index is 0.0863. The molecule has 9 nitrogen and oxygen atoms in total. The van der Waals surface area contributed by atoms with E-state index in [0.29, 0.717) is 23.1 Å². The second-order valence-corrected chi connectivity index (χ2v) is 11.0. The van der Waals surface area contributed by atoms with Crippen molar-refractivity contribution in [1.82, 2.24) is 14.8 Å². The highest BCUT2D eigenvalue weighted by Crippen LogP contribution is 2.32. The summed E-state index contributed by atoms with van der Waals surface area (Å²) in [6.07, 6.45) is -2.44. The molecule has 1 unspecified atom stereocenters. The van der Waals surface area contributed by atoms with Crippen molar-refractivity contribution >= 4 is 28.5 Å². The summed E-state index contributed by atoms with van der Waals surface area (Å²) in [4.78, 5) is 22.9. The molecule has 0 saturated carbocycles. The van der Waals surface area contributed by atoms with Gasteiger partial charge in [0.15, 0.2) is 11.0 Å². The molecule has 0 radical (unpaired) electrons. The molecular weight excluding hydrogens is 595 g/mol. The zero-order valence-corrected chi connectivity index (χ0v) is 24.8. The Balaban J connectivity index is 1.16. The number of amides is 1. The van der Waals surface area contributed by atoms with Gasteiger partial charge in [0.2, 0.25) is 5.91 Å². The van der Waals surface area contributed by atoms with Gasteiger partial charge in [0, 0.05) is 5.56 Å². The van der Waals surface area contributed by atoms with Crippen molar-refractivity contribution in [3.63, 3.8) is 0 Å². The predicted octanol–water partition coefficient (Wildman–Crippen LogP) is 6.06. The minimum Gasteiger partial charge on any atom is -0.406 e. The minimum atomic E-state index is -4.76. The fourth-order valence-electron chi connectivity index (χ4n) is 4.61. The Hall–Kier alpha value is -4.20. The lowest BCUT2D eigenvalue weighted by Gasteiger charge is -2.21. The van der Waals surface area contributed by atoms with Crippen molar-refractivity contribution in [2.24, 2.45) is 4.99 Å². The summed E-state index contributed by atoms with van der Waals surface area (Å²) in [5.74, 6) is 0.280. The van der Waals surface area contributed by atoms with Crippen molar-refractivity contribution in [2.45, 2.75) is 45.9 Å². The number of hydrogen-bond donors (Lipinski definition) is 1. The van der Waals surface area contributed by atoms with E-state index >= 15 is 0 Å². The third-order valence-electron chi connectivity index (χ3n) is 6.68. The van der Waals surface area contributed by atoms with Crippen LogP contribution in [0.15, 0.2) is 78.0 Å². The van der Waals surface area contributed by atoms with E-state index < -0.39 is 12.8 Å². The lowest BCUT2D eigenvalue weighted by molar-refractivity contribution is -0.274. The smallest absolute Gasteiger partial charge is 0.406 e. The molecule has 1 fully saturated rings. The number of aliphatic hydroxyl groups excluding tert-OH is 1. The van der Waals surface area contributed by atoms with Crippen molar-refractivity contribution < 1.29 is 32.5 Å². The molecule has 4 aromatic rings. The molecule has 2 heterocycles. The number of ether oxygens (including phenoxy) is 2. The second kappa shape index (κ2) is 13.6. The average Bonchev–Trinajstić information content (AvgIpc) is 3.61. The average molecular weight is 626 g/mol. The highest BCUT2D eigenvalue weighted by molar-refractivity contribution is 8.15. The van der Waals surface area contributed by atoms with E-state index in [4.69, 9.17) is 4.74 Å². The topological polar surface area (TPSA) is 102 Å². The molecular formula is C31H30F3N5O4S. The number of carbonyl (C=O) groups excluding carboxylic acids is 1. The standard InChI is InChI=1S/C31H30F3N5O4S/c1-3-4-22-8-5-20(2)17-26(22)39-27(40)18-44-29(39)36-30(41)42-16-15-21-6-9-23(10-7-21)28-35-19-38(37-28)24-11-13-25(14-12-24)43-31(32,33)34/h5-14,17,19,30,41H,3-4,15-16,18H2,1-2H3. The molecule has 1 amide bonds. The van der Waals surface area contributed by atoms with Crippen LogP contribution in [-0.4, -0.2) is 56.1 Å². The van der Waals surface area contributed by atoms with Crippen molar-refractivity contribution in [2.75, 3.05) is 17.3 Å². The Bertz CT molecular complexity index is 1620. The third-order valence-corrected chi connectivity index (χ3v) is 7.62. The van der Waals surface area contributed by atoms with Crippen LogP contribution in [0.5, 0.6) is 5.75 Å². The van der Waals surface area contributed by atoms with Crippen LogP contribution in [0.25, 0.3) is 17.1 Å². The van der Waals surface area contributed by atoms with E-state index in [1.165, 1.54) is 47.0 Å². The lowest BCUT2D eigenvalue weighted by Crippen LogP contribution is -2.31. The number of benzene rings is 3. The molecule has 1 saturated heterocycles. The Morgan fingerprint density at radius 2 is 1.82 bits per heavy atom. The van der Waals surface area contributed by atoms with Gasteiger partial charge in [-0.2, -0.15) is 0 Å². The number of aliphatic imine (C=N–C) groups is 1. The van der Waals surface area contributed by atoms with Crippen LogP contribution in [0.1, 0.15) is 30.0 Å². The fourth-order valence-corrected chi connectivity index (χ4v) is 5.49. The predicted molar refractivity (Wildman–Crippen MR) is 162 cm³/mol. The summed E-state index contributed by atoms with van der Waals surface area (Å²) < 4.78 is 48.1. The van der Waals surface area contributed by atoms with Gasteiger partial charge in [0.05, 0.1) is 23.7 Å². The van der Waals surface area contributed by atoms with E-state index in [0.717, 1.165) is 40.8 Å². The maximum Gasteiger partial charge on any atom is 0.573 e.